The highest BCUT2D eigenvalue weighted by molar-refractivity contribution is 5.59. The fourth-order valence-corrected chi connectivity index (χ4v) is 1.53. The lowest BCUT2D eigenvalue weighted by atomic mass is 10.1. The van der Waals surface area contributed by atoms with E-state index in [1.807, 2.05) is 0 Å². The zero-order valence-electron chi connectivity index (χ0n) is 8.84. The molecule has 0 saturated carbocycles. The molecule has 1 aromatic carbocycles. The highest BCUT2D eigenvalue weighted by atomic mass is 19.1. The van der Waals surface area contributed by atoms with Crippen LogP contribution in [0.1, 0.15) is 5.56 Å². The summed E-state index contributed by atoms with van der Waals surface area (Å²) in [6.07, 6.45) is 0. The third-order valence-corrected chi connectivity index (χ3v) is 2.43. The molecule has 2 rings (SSSR count). The average molecular weight is 236 g/mol. The maximum atomic E-state index is 13.5. The minimum atomic E-state index is -0.721. The fraction of sp³-hybridized carbons (Fsp3) is 0.0833. The van der Waals surface area contributed by atoms with Crippen molar-refractivity contribution in [2.75, 3.05) is 0 Å². The van der Waals surface area contributed by atoms with Crippen LogP contribution in [0.3, 0.4) is 0 Å². The molecule has 3 N–H and O–H groups in total. The highest BCUT2D eigenvalue weighted by Crippen LogP contribution is 2.20. The number of nitrogens with two attached hydrogens (primary N) is 1. The van der Waals surface area contributed by atoms with Gasteiger partial charge in [0.1, 0.15) is 11.6 Å². The number of hydrogen-bond donors (Lipinski definition) is 2. The summed E-state index contributed by atoms with van der Waals surface area (Å²) in [4.78, 5) is 14.0. The first-order valence-corrected chi connectivity index (χ1v) is 4.99. The summed E-state index contributed by atoms with van der Waals surface area (Å²) in [5.41, 5.74) is 5.83. The molecule has 0 aliphatic carbocycles. The second-order valence-corrected chi connectivity index (χ2v) is 3.55. The molecule has 0 unspecified atom stereocenters. The van der Waals surface area contributed by atoms with Crippen LogP contribution in [0.4, 0.5) is 8.78 Å². The molecule has 0 radical (unpaired) electrons. The first-order valence-electron chi connectivity index (χ1n) is 4.99. The van der Waals surface area contributed by atoms with Gasteiger partial charge in [0.15, 0.2) is 0 Å². The maximum absolute atomic E-state index is 13.5. The quantitative estimate of drug-likeness (QED) is 0.835. The van der Waals surface area contributed by atoms with Gasteiger partial charge in [0.25, 0.3) is 5.56 Å². The molecule has 0 spiro atoms. The Morgan fingerprint density at radius 1 is 1.18 bits per heavy atom. The summed E-state index contributed by atoms with van der Waals surface area (Å²) >= 11 is 0. The molecule has 88 valence electrons. The summed E-state index contributed by atoms with van der Waals surface area (Å²) in [6, 6.07) is 6.24. The van der Waals surface area contributed by atoms with Crippen LogP contribution in [0, 0.1) is 11.6 Å². The lowest BCUT2D eigenvalue weighted by molar-refractivity contribution is 0.585. The van der Waals surface area contributed by atoms with E-state index in [4.69, 9.17) is 5.73 Å². The molecule has 3 nitrogen and oxygen atoms in total. The molecule has 0 aliphatic heterocycles. The van der Waals surface area contributed by atoms with Crippen molar-refractivity contribution in [2.24, 2.45) is 5.73 Å². The average Bonchev–Trinajstić information content (AvgIpc) is 2.29. The van der Waals surface area contributed by atoms with Crippen LogP contribution < -0.4 is 11.3 Å². The Labute approximate surface area is 95.9 Å². The van der Waals surface area contributed by atoms with Crippen LogP contribution in [0.15, 0.2) is 35.1 Å². The number of H-pyrrole nitrogens is 1. The maximum Gasteiger partial charge on any atom is 0.252 e. The van der Waals surface area contributed by atoms with Crippen molar-refractivity contribution in [1.82, 2.24) is 4.98 Å². The minimum Gasteiger partial charge on any atom is -0.326 e. The Kier molecular flexibility index (Phi) is 3.01. The monoisotopic (exact) mass is 236 g/mol. The van der Waals surface area contributed by atoms with Crippen molar-refractivity contribution in [3.8, 4) is 11.3 Å². The number of nitrogens with one attached hydrogen (secondary N) is 1. The van der Waals surface area contributed by atoms with Gasteiger partial charge < -0.3 is 10.7 Å². The van der Waals surface area contributed by atoms with E-state index in [1.165, 1.54) is 12.1 Å². The van der Waals surface area contributed by atoms with Crippen LogP contribution in [-0.2, 0) is 6.54 Å². The first kappa shape index (κ1) is 11.5. The van der Waals surface area contributed by atoms with Gasteiger partial charge in [0, 0.05) is 23.7 Å². The molecule has 2 aromatic rings. The SMILES string of the molecule is NCc1ccc(-c2ccc(F)cc2F)[nH]c1=O. The summed E-state index contributed by atoms with van der Waals surface area (Å²) in [5.74, 6) is -1.38. The molecule has 1 heterocycles. The van der Waals surface area contributed by atoms with Crippen molar-refractivity contribution < 1.29 is 8.78 Å². The molecule has 5 heteroatoms. The van der Waals surface area contributed by atoms with Crippen LogP contribution in [0.25, 0.3) is 11.3 Å². The van der Waals surface area contributed by atoms with Crippen molar-refractivity contribution >= 4 is 0 Å². The normalized spacial score (nSPS) is 10.5. The molecule has 1 aromatic heterocycles. The molecule has 0 bridgehead atoms. The zero-order valence-corrected chi connectivity index (χ0v) is 8.84. The van der Waals surface area contributed by atoms with Gasteiger partial charge in [-0.2, -0.15) is 0 Å². The van der Waals surface area contributed by atoms with E-state index >= 15 is 0 Å². The van der Waals surface area contributed by atoms with Gasteiger partial charge >= 0.3 is 0 Å². The molecule has 0 fully saturated rings. The molecular weight excluding hydrogens is 226 g/mol. The number of benzene rings is 1. The van der Waals surface area contributed by atoms with E-state index in [0.29, 0.717) is 11.3 Å². The van der Waals surface area contributed by atoms with Crippen molar-refractivity contribution in [3.05, 3.63) is 57.9 Å². The predicted octanol–water partition coefficient (Wildman–Crippen LogP) is 1.78. The van der Waals surface area contributed by atoms with Gasteiger partial charge in [-0.1, -0.05) is 6.07 Å². The zero-order chi connectivity index (χ0) is 12.4. The Morgan fingerprint density at radius 3 is 2.53 bits per heavy atom. The van der Waals surface area contributed by atoms with Gasteiger partial charge in [-0.15, -0.1) is 0 Å². The summed E-state index contributed by atoms with van der Waals surface area (Å²) in [7, 11) is 0. The second-order valence-electron chi connectivity index (χ2n) is 3.55. The molecule has 0 aliphatic rings. The van der Waals surface area contributed by atoms with E-state index in [1.54, 1.807) is 6.07 Å². The van der Waals surface area contributed by atoms with Crippen LogP contribution in [0.2, 0.25) is 0 Å². The van der Waals surface area contributed by atoms with Crippen LogP contribution >= 0.6 is 0 Å². The third-order valence-electron chi connectivity index (χ3n) is 2.43. The van der Waals surface area contributed by atoms with E-state index in [0.717, 1.165) is 12.1 Å². The molecule has 17 heavy (non-hydrogen) atoms. The summed E-state index contributed by atoms with van der Waals surface area (Å²) in [5, 5.41) is 0. The molecule has 0 saturated heterocycles. The molecule has 0 amide bonds. The van der Waals surface area contributed by atoms with Gasteiger partial charge in [-0.05, 0) is 18.2 Å². The predicted molar refractivity (Wildman–Crippen MR) is 60.3 cm³/mol. The number of halogens is 2. The number of aromatic nitrogens is 1. The summed E-state index contributed by atoms with van der Waals surface area (Å²) in [6.45, 7) is 0.113. The largest absolute Gasteiger partial charge is 0.326 e. The molecular formula is C12H10F2N2O. The number of aromatic amines is 1. The van der Waals surface area contributed by atoms with Gasteiger partial charge in [-0.3, -0.25) is 4.79 Å². The third kappa shape index (κ3) is 2.24. The Balaban J connectivity index is 2.54. The van der Waals surface area contributed by atoms with E-state index in [9.17, 15) is 13.6 Å². The lowest BCUT2D eigenvalue weighted by Gasteiger charge is -2.04. The van der Waals surface area contributed by atoms with Gasteiger partial charge in [0.05, 0.1) is 5.69 Å². The number of pyridine rings is 1. The Hall–Kier alpha value is -2.01. The van der Waals surface area contributed by atoms with E-state index in [2.05, 4.69) is 4.98 Å². The van der Waals surface area contributed by atoms with Crippen molar-refractivity contribution in [3.63, 3.8) is 0 Å². The van der Waals surface area contributed by atoms with Crippen LogP contribution in [-0.4, -0.2) is 4.98 Å². The Morgan fingerprint density at radius 2 is 1.94 bits per heavy atom. The number of rotatable bonds is 2. The second kappa shape index (κ2) is 4.47. The minimum absolute atomic E-state index is 0.113. The van der Waals surface area contributed by atoms with Crippen molar-refractivity contribution in [1.29, 1.82) is 0 Å². The summed E-state index contributed by atoms with van der Waals surface area (Å²) < 4.78 is 26.2. The molecule has 0 atom stereocenters. The van der Waals surface area contributed by atoms with Gasteiger partial charge in [0.2, 0.25) is 0 Å². The topological polar surface area (TPSA) is 58.9 Å². The Bertz CT molecular complexity index is 608. The smallest absolute Gasteiger partial charge is 0.252 e. The fourth-order valence-electron chi connectivity index (χ4n) is 1.53. The standard InChI is InChI=1S/C12H10F2N2O/c13-8-2-3-9(10(14)5-8)11-4-1-7(6-15)12(17)16-11/h1-5H,6,15H2,(H,16,17). The van der Waals surface area contributed by atoms with Crippen LogP contribution in [0.5, 0.6) is 0 Å². The van der Waals surface area contributed by atoms with Crippen molar-refractivity contribution in [2.45, 2.75) is 6.54 Å². The van der Waals surface area contributed by atoms with E-state index < -0.39 is 11.6 Å². The first-order chi connectivity index (χ1) is 8.11. The van der Waals surface area contributed by atoms with E-state index in [-0.39, 0.29) is 17.7 Å². The van der Waals surface area contributed by atoms with Gasteiger partial charge in [-0.25, -0.2) is 8.78 Å². The highest BCUT2D eigenvalue weighted by Gasteiger charge is 2.08. The number of hydrogen-bond acceptors (Lipinski definition) is 2. The lowest BCUT2D eigenvalue weighted by Crippen LogP contribution is -2.16.